The highest BCUT2D eigenvalue weighted by Crippen LogP contribution is 2.33. The molecule has 0 radical (unpaired) electrons. The van der Waals surface area contributed by atoms with E-state index in [0.29, 0.717) is 5.02 Å². The lowest BCUT2D eigenvalue weighted by Crippen LogP contribution is -2.09. The van der Waals surface area contributed by atoms with E-state index < -0.39 is 0 Å². The summed E-state index contributed by atoms with van der Waals surface area (Å²) in [6.07, 6.45) is 3.88. The monoisotopic (exact) mass is 239 g/mol. The second-order valence-corrected chi connectivity index (χ2v) is 4.99. The molecule has 0 spiro atoms. The highest BCUT2D eigenvalue weighted by molar-refractivity contribution is 6.30. The Balaban J connectivity index is 1.99. The normalized spacial score (nSPS) is 17.2. The molecule has 1 aromatic rings. The van der Waals surface area contributed by atoms with E-state index in [0.717, 1.165) is 30.3 Å². The minimum Gasteiger partial charge on any atom is -0.493 e. The van der Waals surface area contributed by atoms with E-state index >= 15 is 0 Å². The summed E-state index contributed by atoms with van der Waals surface area (Å²) in [4.78, 5) is 0. The van der Waals surface area contributed by atoms with Crippen LogP contribution in [0.5, 0.6) is 5.75 Å². The summed E-state index contributed by atoms with van der Waals surface area (Å²) in [7, 11) is 0. The maximum absolute atomic E-state index is 5.94. The summed E-state index contributed by atoms with van der Waals surface area (Å²) in [5.41, 5.74) is 6.88. The zero-order valence-electron chi connectivity index (χ0n) is 9.58. The van der Waals surface area contributed by atoms with Crippen molar-refractivity contribution in [1.29, 1.82) is 0 Å². The lowest BCUT2D eigenvalue weighted by molar-refractivity contribution is 0.298. The molecule has 1 aliphatic rings. The van der Waals surface area contributed by atoms with E-state index in [-0.39, 0.29) is 6.04 Å². The number of halogens is 1. The van der Waals surface area contributed by atoms with E-state index in [1.807, 2.05) is 25.1 Å². The number of nitrogens with two attached hydrogens (primary N) is 1. The molecule has 0 aliphatic heterocycles. The topological polar surface area (TPSA) is 35.2 Å². The third kappa shape index (κ3) is 3.13. The second kappa shape index (κ2) is 5.07. The van der Waals surface area contributed by atoms with Gasteiger partial charge in [-0.05, 0) is 37.5 Å². The maximum Gasteiger partial charge on any atom is 0.124 e. The van der Waals surface area contributed by atoms with Crippen LogP contribution in [0.3, 0.4) is 0 Å². The van der Waals surface area contributed by atoms with Gasteiger partial charge in [0.15, 0.2) is 0 Å². The highest BCUT2D eigenvalue weighted by Gasteiger charge is 2.21. The number of ether oxygens (including phenoxy) is 1. The Bertz CT molecular complexity index is 361. The largest absolute Gasteiger partial charge is 0.493 e. The molecule has 1 unspecified atom stereocenters. The Morgan fingerprint density at radius 3 is 2.88 bits per heavy atom. The Morgan fingerprint density at radius 2 is 2.25 bits per heavy atom. The molecule has 1 saturated carbocycles. The molecule has 88 valence electrons. The van der Waals surface area contributed by atoms with Crippen LogP contribution in [0, 0.1) is 5.92 Å². The fourth-order valence-corrected chi connectivity index (χ4v) is 1.93. The van der Waals surface area contributed by atoms with Crippen molar-refractivity contribution in [3.05, 3.63) is 28.8 Å². The molecule has 1 atom stereocenters. The summed E-state index contributed by atoms with van der Waals surface area (Å²) in [6, 6.07) is 5.60. The second-order valence-electron chi connectivity index (χ2n) is 4.55. The molecule has 16 heavy (non-hydrogen) atoms. The molecule has 0 heterocycles. The molecular formula is C13H18ClNO. The van der Waals surface area contributed by atoms with Gasteiger partial charge < -0.3 is 10.5 Å². The van der Waals surface area contributed by atoms with Gasteiger partial charge in [-0.15, -0.1) is 0 Å². The zero-order chi connectivity index (χ0) is 11.5. The first-order valence-corrected chi connectivity index (χ1v) is 6.22. The van der Waals surface area contributed by atoms with Crippen LogP contribution in [-0.2, 0) is 0 Å². The maximum atomic E-state index is 5.94. The Morgan fingerprint density at radius 1 is 1.50 bits per heavy atom. The van der Waals surface area contributed by atoms with Crippen LogP contribution in [0.1, 0.15) is 37.8 Å². The third-order valence-corrected chi connectivity index (χ3v) is 3.18. The standard InChI is InChI=1S/C13H18ClNO/c1-9(15)12-8-11(14)4-5-13(12)16-7-6-10-2-3-10/h4-5,8-10H,2-3,6-7,15H2,1H3. The average Bonchev–Trinajstić information content (AvgIpc) is 3.04. The lowest BCUT2D eigenvalue weighted by Gasteiger charge is -2.14. The van der Waals surface area contributed by atoms with E-state index in [9.17, 15) is 0 Å². The van der Waals surface area contributed by atoms with Gasteiger partial charge in [-0.25, -0.2) is 0 Å². The zero-order valence-corrected chi connectivity index (χ0v) is 10.3. The molecule has 2 N–H and O–H groups in total. The Hall–Kier alpha value is -0.730. The summed E-state index contributed by atoms with van der Waals surface area (Å²) in [5.74, 6) is 1.77. The number of rotatable bonds is 5. The first kappa shape index (κ1) is 11.7. The fourth-order valence-electron chi connectivity index (χ4n) is 1.75. The summed E-state index contributed by atoms with van der Waals surface area (Å²) in [5, 5.41) is 0.710. The predicted octanol–water partition coefficient (Wildman–Crippen LogP) is 3.54. The molecule has 1 aromatic carbocycles. The molecule has 0 bridgehead atoms. The van der Waals surface area contributed by atoms with Crippen LogP contribution in [0.4, 0.5) is 0 Å². The van der Waals surface area contributed by atoms with Crippen LogP contribution in [0.15, 0.2) is 18.2 Å². The molecule has 0 amide bonds. The van der Waals surface area contributed by atoms with Crippen molar-refractivity contribution in [2.45, 2.75) is 32.2 Å². The molecule has 1 fully saturated rings. The SMILES string of the molecule is CC(N)c1cc(Cl)ccc1OCCC1CC1. The van der Waals surface area contributed by atoms with Crippen LogP contribution in [0.2, 0.25) is 5.02 Å². The number of hydrogen-bond donors (Lipinski definition) is 1. The van der Waals surface area contributed by atoms with Gasteiger partial charge >= 0.3 is 0 Å². The van der Waals surface area contributed by atoms with Gasteiger partial charge in [0.05, 0.1) is 6.61 Å². The first-order chi connectivity index (χ1) is 7.66. The summed E-state index contributed by atoms with van der Waals surface area (Å²) < 4.78 is 5.77. The van der Waals surface area contributed by atoms with Gasteiger partial charge in [0, 0.05) is 16.6 Å². The molecule has 2 rings (SSSR count). The van der Waals surface area contributed by atoms with Gasteiger partial charge in [-0.2, -0.15) is 0 Å². The predicted molar refractivity (Wildman–Crippen MR) is 66.9 cm³/mol. The van der Waals surface area contributed by atoms with E-state index in [1.54, 1.807) is 0 Å². The van der Waals surface area contributed by atoms with Crippen molar-refractivity contribution in [3.63, 3.8) is 0 Å². The fraction of sp³-hybridized carbons (Fsp3) is 0.538. The lowest BCUT2D eigenvalue weighted by atomic mass is 10.1. The first-order valence-electron chi connectivity index (χ1n) is 5.84. The smallest absolute Gasteiger partial charge is 0.124 e. The van der Waals surface area contributed by atoms with Crippen LogP contribution >= 0.6 is 11.6 Å². The molecule has 1 aliphatic carbocycles. The van der Waals surface area contributed by atoms with Crippen molar-refractivity contribution in [2.24, 2.45) is 11.7 Å². The van der Waals surface area contributed by atoms with Crippen molar-refractivity contribution in [2.75, 3.05) is 6.61 Å². The van der Waals surface area contributed by atoms with Crippen LogP contribution in [-0.4, -0.2) is 6.61 Å². The molecule has 0 aromatic heterocycles. The number of hydrogen-bond acceptors (Lipinski definition) is 2. The third-order valence-electron chi connectivity index (χ3n) is 2.94. The van der Waals surface area contributed by atoms with Gasteiger partial charge in [-0.3, -0.25) is 0 Å². The number of benzene rings is 1. The van der Waals surface area contributed by atoms with Crippen molar-refractivity contribution < 1.29 is 4.74 Å². The Kier molecular flexibility index (Phi) is 3.72. The van der Waals surface area contributed by atoms with E-state index in [1.165, 1.54) is 12.8 Å². The molecule has 0 saturated heterocycles. The van der Waals surface area contributed by atoms with Gasteiger partial charge in [-0.1, -0.05) is 24.4 Å². The van der Waals surface area contributed by atoms with Crippen molar-refractivity contribution in [3.8, 4) is 5.75 Å². The van der Waals surface area contributed by atoms with Crippen molar-refractivity contribution >= 4 is 11.6 Å². The minimum absolute atomic E-state index is 0.0466. The molecule has 2 nitrogen and oxygen atoms in total. The van der Waals surface area contributed by atoms with Crippen LogP contribution < -0.4 is 10.5 Å². The van der Waals surface area contributed by atoms with Gasteiger partial charge in [0.1, 0.15) is 5.75 Å². The van der Waals surface area contributed by atoms with Gasteiger partial charge in [0.2, 0.25) is 0 Å². The van der Waals surface area contributed by atoms with E-state index in [2.05, 4.69) is 0 Å². The van der Waals surface area contributed by atoms with Gasteiger partial charge in [0.25, 0.3) is 0 Å². The molecule has 3 heteroatoms. The van der Waals surface area contributed by atoms with Crippen LogP contribution in [0.25, 0.3) is 0 Å². The van der Waals surface area contributed by atoms with E-state index in [4.69, 9.17) is 22.1 Å². The quantitative estimate of drug-likeness (QED) is 0.853. The molecular weight excluding hydrogens is 222 g/mol. The average molecular weight is 240 g/mol. The summed E-state index contributed by atoms with van der Waals surface area (Å²) in [6.45, 7) is 2.73. The highest BCUT2D eigenvalue weighted by atomic mass is 35.5. The Labute approximate surface area is 102 Å². The minimum atomic E-state index is -0.0466. The van der Waals surface area contributed by atoms with Crippen molar-refractivity contribution in [1.82, 2.24) is 0 Å². The summed E-state index contributed by atoms with van der Waals surface area (Å²) >= 11 is 5.94.